The number of fused-ring (bicyclic) bond motifs is 2. The maximum Gasteiger partial charge on any atom is 0.254 e. The summed E-state index contributed by atoms with van der Waals surface area (Å²) in [6.07, 6.45) is 5.22. The van der Waals surface area contributed by atoms with Crippen molar-refractivity contribution in [1.82, 2.24) is 4.90 Å². The lowest BCUT2D eigenvalue weighted by molar-refractivity contribution is 0.0603. The summed E-state index contributed by atoms with van der Waals surface area (Å²) in [6, 6.07) is 6.94. The summed E-state index contributed by atoms with van der Waals surface area (Å²) in [4.78, 5) is 15.4. The average molecular weight is 372 g/mol. The minimum Gasteiger partial charge on any atom is -0.333 e. The highest BCUT2D eigenvalue weighted by Crippen LogP contribution is 2.39. The van der Waals surface area contributed by atoms with Crippen LogP contribution in [0.25, 0.3) is 0 Å². The van der Waals surface area contributed by atoms with Gasteiger partial charge in [-0.1, -0.05) is 22.0 Å². The van der Waals surface area contributed by atoms with Crippen molar-refractivity contribution >= 4 is 31.7 Å². The second kappa shape index (κ2) is 5.39. The van der Waals surface area contributed by atoms with Crippen molar-refractivity contribution in [3.63, 3.8) is 0 Å². The number of hydrogen-bond donors (Lipinski definition) is 0. The second-order valence-corrected chi connectivity index (χ2v) is 9.28. The molecule has 0 aromatic heterocycles. The van der Waals surface area contributed by atoms with Crippen LogP contribution >= 0.6 is 15.9 Å². The Labute approximate surface area is 133 Å². The Morgan fingerprint density at radius 3 is 2.43 bits per heavy atom. The minimum absolute atomic E-state index is 0.0348. The summed E-state index contributed by atoms with van der Waals surface area (Å²) in [6.45, 7) is 0. The van der Waals surface area contributed by atoms with Crippen LogP contribution in [0.2, 0.25) is 0 Å². The van der Waals surface area contributed by atoms with Crippen LogP contribution in [0.1, 0.15) is 36.0 Å². The van der Waals surface area contributed by atoms with Crippen molar-refractivity contribution in [3.05, 3.63) is 29.8 Å². The smallest absolute Gasteiger partial charge is 0.254 e. The third-order valence-electron chi connectivity index (χ3n) is 4.42. The molecule has 2 saturated heterocycles. The maximum absolute atomic E-state index is 12.8. The van der Waals surface area contributed by atoms with E-state index < -0.39 is 9.84 Å². The standard InChI is InChI=1S/C15H18BrNO3S/c1-21(19,20)14-4-2-3-10(7-14)15(18)17-12-5-6-13(17)9-11(16)8-12/h2-4,7,11-13H,5-6,8-9H2,1H3. The van der Waals surface area contributed by atoms with E-state index in [0.29, 0.717) is 10.4 Å². The molecule has 0 radical (unpaired) electrons. The molecule has 3 rings (SSSR count). The molecule has 0 saturated carbocycles. The molecule has 2 heterocycles. The molecule has 4 nitrogen and oxygen atoms in total. The van der Waals surface area contributed by atoms with Gasteiger partial charge in [0.15, 0.2) is 9.84 Å². The first-order valence-electron chi connectivity index (χ1n) is 7.13. The summed E-state index contributed by atoms with van der Waals surface area (Å²) in [5, 5.41) is 0. The molecule has 6 heteroatoms. The van der Waals surface area contributed by atoms with Gasteiger partial charge >= 0.3 is 0 Å². The molecular weight excluding hydrogens is 354 g/mol. The van der Waals surface area contributed by atoms with Gasteiger partial charge in [-0.05, 0) is 43.9 Å². The van der Waals surface area contributed by atoms with E-state index in [1.165, 1.54) is 12.1 Å². The number of amides is 1. The van der Waals surface area contributed by atoms with Crippen molar-refractivity contribution in [2.45, 2.75) is 47.5 Å². The van der Waals surface area contributed by atoms with E-state index in [1.54, 1.807) is 12.1 Å². The largest absolute Gasteiger partial charge is 0.333 e. The second-order valence-electron chi connectivity index (χ2n) is 5.97. The molecule has 1 amide bonds. The average Bonchev–Trinajstić information content (AvgIpc) is 2.69. The van der Waals surface area contributed by atoms with E-state index in [0.717, 1.165) is 31.9 Å². The van der Waals surface area contributed by atoms with E-state index >= 15 is 0 Å². The molecule has 2 aliphatic heterocycles. The van der Waals surface area contributed by atoms with Crippen LogP contribution in [-0.4, -0.2) is 42.4 Å². The Kier molecular flexibility index (Phi) is 3.86. The van der Waals surface area contributed by atoms with E-state index in [4.69, 9.17) is 0 Å². The Morgan fingerprint density at radius 2 is 1.86 bits per heavy atom. The predicted molar refractivity (Wildman–Crippen MR) is 84.5 cm³/mol. The molecule has 2 fully saturated rings. The van der Waals surface area contributed by atoms with Gasteiger partial charge in [0, 0.05) is 28.7 Å². The topological polar surface area (TPSA) is 54.5 Å². The van der Waals surface area contributed by atoms with Crippen LogP contribution in [0.4, 0.5) is 0 Å². The van der Waals surface area contributed by atoms with Crippen LogP contribution in [0, 0.1) is 0 Å². The van der Waals surface area contributed by atoms with Crippen LogP contribution in [0.3, 0.4) is 0 Å². The summed E-state index contributed by atoms with van der Waals surface area (Å²) in [5.74, 6) is -0.0348. The lowest BCUT2D eigenvalue weighted by atomic mass is 10.0. The monoisotopic (exact) mass is 371 g/mol. The number of piperidine rings is 1. The quantitative estimate of drug-likeness (QED) is 0.750. The van der Waals surface area contributed by atoms with Gasteiger partial charge in [-0.25, -0.2) is 8.42 Å². The molecule has 114 valence electrons. The third kappa shape index (κ3) is 2.88. The van der Waals surface area contributed by atoms with E-state index in [-0.39, 0.29) is 22.9 Å². The number of halogens is 1. The third-order valence-corrected chi connectivity index (χ3v) is 6.28. The van der Waals surface area contributed by atoms with Crippen molar-refractivity contribution in [2.75, 3.05) is 6.26 Å². The molecule has 1 aromatic rings. The van der Waals surface area contributed by atoms with Gasteiger partial charge < -0.3 is 4.90 Å². The van der Waals surface area contributed by atoms with Gasteiger partial charge in [-0.2, -0.15) is 0 Å². The summed E-state index contributed by atoms with van der Waals surface area (Å²) in [7, 11) is -3.29. The number of benzene rings is 1. The molecule has 2 bridgehead atoms. The van der Waals surface area contributed by atoms with Crippen LogP contribution in [0.15, 0.2) is 29.2 Å². The van der Waals surface area contributed by atoms with Crippen LogP contribution in [0.5, 0.6) is 0 Å². The van der Waals surface area contributed by atoms with Crippen LogP contribution in [-0.2, 0) is 9.84 Å². The van der Waals surface area contributed by atoms with E-state index in [1.807, 2.05) is 4.90 Å². The molecule has 0 N–H and O–H groups in total. The molecule has 0 aliphatic carbocycles. The Balaban J connectivity index is 1.90. The Morgan fingerprint density at radius 1 is 1.24 bits per heavy atom. The SMILES string of the molecule is CS(=O)(=O)c1cccc(C(=O)N2C3CCC2CC(Br)C3)c1. The Bertz CT molecular complexity index is 659. The number of hydrogen-bond acceptors (Lipinski definition) is 3. The molecular formula is C15H18BrNO3S. The number of carbonyl (C=O) groups excluding carboxylic acids is 1. The number of alkyl halides is 1. The first-order chi connectivity index (χ1) is 9.86. The van der Waals surface area contributed by atoms with Gasteiger partial charge in [0.05, 0.1) is 4.90 Å². The van der Waals surface area contributed by atoms with Gasteiger partial charge in [0.25, 0.3) is 5.91 Å². The predicted octanol–water partition coefficient (Wildman–Crippen LogP) is 2.62. The minimum atomic E-state index is -3.29. The summed E-state index contributed by atoms with van der Waals surface area (Å²) < 4.78 is 23.3. The highest BCUT2D eigenvalue weighted by Gasteiger charge is 2.42. The molecule has 2 unspecified atom stereocenters. The van der Waals surface area contributed by atoms with E-state index in [9.17, 15) is 13.2 Å². The summed E-state index contributed by atoms with van der Waals surface area (Å²) >= 11 is 3.66. The van der Waals surface area contributed by atoms with Crippen molar-refractivity contribution in [2.24, 2.45) is 0 Å². The van der Waals surface area contributed by atoms with Gasteiger partial charge in [0.1, 0.15) is 0 Å². The van der Waals surface area contributed by atoms with Crippen molar-refractivity contribution < 1.29 is 13.2 Å². The molecule has 1 aromatic carbocycles. The highest BCUT2D eigenvalue weighted by molar-refractivity contribution is 9.09. The van der Waals surface area contributed by atoms with Gasteiger partial charge in [-0.15, -0.1) is 0 Å². The van der Waals surface area contributed by atoms with E-state index in [2.05, 4.69) is 15.9 Å². The Hall–Kier alpha value is -0.880. The molecule has 21 heavy (non-hydrogen) atoms. The lowest BCUT2D eigenvalue weighted by Gasteiger charge is -2.37. The fourth-order valence-electron chi connectivity index (χ4n) is 3.45. The number of carbonyl (C=O) groups is 1. The van der Waals surface area contributed by atoms with Gasteiger partial charge in [-0.3, -0.25) is 4.79 Å². The number of sulfone groups is 1. The first kappa shape index (κ1) is 15.0. The molecule has 0 spiro atoms. The fraction of sp³-hybridized carbons (Fsp3) is 0.533. The van der Waals surface area contributed by atoms with Crippen molar-refractivity contribution in [3.8, 4) is 0 Å². The fourth-order valence-corrected chi connectivity index (χ4v) is 4.98. The molecule has 2 aliphatic rings. The zero-order valence-corrected chi connectivity index (χ0v) is 14.2. The first-order valence-corrected chi connectivity index (χ1v) is 9.94. The summed E-state index contributed by atoms with van der Waals surface area (Å²) in [5.41, 5.74) is 0.475. The highest BCUT2D eigenvalue weighted by atomic mass is 79.9. The van der Waals surface area contributed by atoms with Crippen LogP contribution < -0.4 is 0 Å². The zero-order chi connectivity index (χ0) is 15.2. The maximum atomic E-state index is 12.8. The lowest BCUT2D eigenvalue weighted by Crippen LogP contribution is -2.46. The van der Waals surface area contributed by atoms with Crippen molar-refractivity contribution in [1.29, 1.82) is 0 Å². The number of nitrogens with zero attached hydrogens (tertiary/aromatic N) is 1. The zero-order valence-electron chi connectivity index (χ0n) is 11.8. The van der Waals surface area contributed by atoms with Gasteiger partial charge in [0.2, 0.25) is 0 Å². The normalized spacial score (nSPS) is 28.7. The number of rotatable bonds is 2. The molecule has 2 atom stereocenters.